The molecule has 1 saturated heterocycles. The van der Waals surface area contributed by atoms with Crippen LogP contribution in [-0.4, -0.2) is 43.3 Å². The lowest BCUT2D eigenvalue weighted by Crippen LogP contribution is -2.41. The Kier molecular flexibility index (Phi) is 6.39. The molecule has 1 fully saturated rings. The summed E-state index contributed by atoms with van der Waals surface area (Å²) in [4.78, 5) is 2.36. The second-order valence-electron chi connectivity index (χ2n) is 4.46. The van der Waals surface area contributed by atoms with Crippen LogP contribution in [0.3, 0.4) is 0 Å². The molecule has 4 heteroatoms. The molecule has 92 valence electrons. The summed E-state index contributed by atoms with van der Waals surface area (Å²) in [5.41, 5.74) is 5.59. The summed E-state index contributed by atoms with van der Waals surface area (Å²) in [6.45, 7) is 6.02. The van der Waals surface area contributed by atoms with Gasteiger partial charge in [0.25, 0.3) is 0 Å². The number of nitrogens with two attached hydrogens (primary N) is 1. The maximum absolute atomic E-state index is 8.61. The monoisotopic (exact) mass is 225 g/mol. The highest BCUT2D eigenvalue weighted by Gasteiger charge is 2.20. The first-order chi connectivity index (χ1) is 7.76. The zero-order valence-corrected chi connectivity index (χ0v) is 10.2. The van der Waals surface area contributed by atoms with E-state index in [1.54, 1.807) is 0 Å². The minimum Gasteiger partial charge on any atom is -0.377 e. The quantitative estimate of drug-likeness (QED) is 0.736. The molecule has 2 atom stereocenters. The molecular formula is C12H23N3O. The maximum atomic E-state index is 8.61. The van der Waals surface area contributed by atoms with E-state index in [0.29, 0.717) is 6.10 Å². The third kappa shape index (κ3) is 4.93. The fourth-order valence-electron chi connectivity index (χ4n) is 2.02. The second kappa shape index (κ2) is 7.61. The average molecular weight is 225 g/mol. The van der Waals surface area contributed by atoms with E-state index >= 15 is 0 Å². The molecule has 0 aromatic carbocycles. The molecular weight excluding hydrogens is 202 g/mol. The summed E-state index contributed by atoms with van der Waals surface area (Å²) in [5.74, 6) is 0. The van der Waals surface area contributed by atoms with E-state index in [1.807, 2.05) is 0 Å². The van der Waals surface area contributed by atoms with Crippen LogP contribution in [0.1, 0.15) is 32.6 Å². The summed E-state index contributed by atoms with van der Waals surface area (Å²) >= 11 is 0. The lowest BCUT2D eigenvalue weighted by Gasteiger charge is -2.32. The fourth-order valence-corrected chi connectivity index (χ4v) is 2.02. The minimum atomic E-state index is -0.322. The summed E-state index contributed by atoms with van der Waals surface area (Å²) in [5, 5.41) is 8.61. The van der Waals surface area contributed by atoms with Gasteiger partial charge in [0.2, 0.25) is 0 Å². The van der Waals surface area contributed by atoms with E-state index in [9.17, 15) is 0 Å². The molecule has 0 aromatic rings. The van der Waals surface area contributed by atoms with Crippen molar-refractivity contribution in [2.75, 3.05) is 26.2 Å². The van der Waals surface area contributed by atoms with Gasteiger partial charge in [-0.3, -0.25) is 0 Å². The van der Waals surface area contributed by atoms with Crippen molar-refractivity contribution in [1.82, 2.24) is 4.90 Å². The molecule has 1 aliphatic heterocycles. The van der Waals surface area contributed by atoms with Crippen LogP contribution < -0.4 is 5.73 Å². The molecule has 0 spiro atoms. The van der Waals surface area contributed by atoms with E-state index in [0.717, 1.165) is 39.1 Å². The van der Waals surface area contributed by atoms with Crippen molar-refractivity contribution in [1.29, 1.82) is 5.26 Å². The van der Waals surface area contributed by atoms with Crippen molar-refractivity contribution in [2.45, 2.75) is 44.8 Å². The van der Waals surface area contributed by atoms with Gasteiger partial charge in [0.1, 0.15) is 0 Å². The Hall–Kier alpha value is -0.630. The number of likely N-dealkylation sites (tertiary alicyclic amines) is 1. The highest BCUT2D eigenvalue weighted by molar-refractivity contribution is 4.87. The van der Waals surface area contributed by atoms with Crippen molar-refractivity contribution in [2.24, 2.45) is 5.73 Å². The summed E-state index contributed by atoms with van der Waals surface area (Å²) in [6, 6.07) is 1.75. The van der Waals surface area contributed by atoms with Crippen LogP contribution in [0.2, 0.25) is 0 Å². The van der Waals surface area contributed by atoms with Gasteiger partial charge in [-0.1, -0.05) is 6.92 Å². The van der Waals surface area contributed by atoms with Crippen molar-refractivity contribution in [3.05, 3.63) is 0 Å². The molecule has 0 aromatic heterocycles. The molecule has 0 aliphatic carbocycles. The summed E-state index contributed by atoms with van der Waals surface area (Å²) in [6.07, 6.45) is 4.58. The Balaban J connectivity index is 2.20. The molecule has 0 bridgehead atoms. The third-order valence-corrected chi connectivity index (χ3v) is 2.94. The number of hydrogen-bond donors (Lipinski definition) is 1. The predicted octanol–water partition coefficient (Wildman–Crippen LogP) is 1.12. The highest BCUT2D eigenvalue weighted by Crippen LogP contribution is 2.13. The van der Waals surface area contributed by atoms with Crippen LogP contribution in [-0.2, 0) is 4.74 Å². The number of hydrogen-bond acceptors (Lipinski definition) is 4. The first-order valence-electron chi connectivity index (χ1n) is 6.25. The Morgan fingerprint density at radius 1 is 1.62 bits per heavy atom. The van der Waals surface area contributed by atoms with E-state index in [1.165, 1.54) is 12.8 Å². The zero-order chi connectivity index (χ0) is 11.8. The van der Waals surface area contributed by atoms with Crippen molar-refractivity contribution in [3.8, 4) is 6.07 Å². The van der Waals surface area contributed by atoms with Gasteiger partial charge in [0, 0.05) is 19.7 Å². The first-order valence-corrected chi connectivity index (χ1v) is 6.25. The summed E-state index contributed by atoms with van der Waals surface area (Å²) in [7, 11) is 0. The van der Waals surface area contributed by atoms with Crippen LogP contribution in [0.4, 0.5) is 0 Å². The smallest absolute Gasteiger partial charge is 0.0940 e. The first kappa shape index (κ1) is 13.4. The van der Waals surface area contributed by atoms with Gasteiger partial charge >= 0.3 is 0 Å². The Bertz CT molecular complexity index is 227. The predicted molar refractivity (Wildman–Crippen MR) is 63.9 cm³/mol. The van der Waals surface area contributed by atoms with Gasteiger partial charge in [-0.15, -0.1) is 0 Å². The molecule has 1 rings (SSSR count). The van der Waals surface area contributed by atoms with Crippen molar-refractivity contribution < 1.29 is 4.74 Å². The van der Waals surface area contributed by atoms with E-state index in [-0.39, 0.29) is 6.04 Å². The molecule has 4 nitrogen and oxygen atoms in total. The maximum Gasteiger partial charge on any atom is 0.0940 e. The van der Waals surface area contributed by atoms with Crippen molar-refractivity contribution in [3.63, 3.8) is 0 Å². The lowest BCUT2D eigenvalue weighted by atomic mass is 10.1. The van der Waals surface area contributed by atoms with Gasteiger partial charge in [-0.25, -0.2) is 0 Å². The third-order valence-electron chi connectivity index (χ3n) is 2.94. The van der Waals surface area contributed by atoms with E-state index < -0.39 is 0 Å². The fraction of sp³-hybridized carbons (Fsp3) is 0.917. The molecule has 2 N–H and O–H groups in total. The van der Waals surface area contributed by atoms with Gasteiger partial charge < -0.3 is 15.4 Å². The Morgan fingerprint density at radius 3 is 3.12 bits per heavy atom. The van der Waals surface area contributed by atoms with Crippen LogP contribution >= 0.6 is 0 Å². The number of rotatable bonds is 6. The second-order valence-corrected chi connectivity index (χ2v) is 4.46. The van der Waals surface area contributed by atoms with Crippen molar-refractivity contribution >= 4 is 0 Å². The van der Waals surface area contributed by atoms with Crippen LogP contribution in [0.25, 0.3) is 0 Å². The molecule has 0 radical (unpaired) electrons. The molecule has 1 heterocycles. The molecule has 0 amide bonds. The number of piperidine rings is 1. The minimum absolute atomic E-state index is 0.322. The lowest BCUT2D eigenvalue weighted by molar-refractivity contribution is -0.000352. The Morgan fingerprint density at radius 2 is 2.44 bits per heavy atom. The SMILES string of the molecule is CCCOC1CCCN(CCC(N)C#N)C1. The highest BCUT2D eigenvalue weighted by atomic mass is 16.5. The van der Waals surface area contributed by atoms with Gasteiger partial charge in [0.15, 0.2) is 0 Å². The normalized spacial score (nSPS) is 23.9. The van der Waals surface area contributed by atoms with E-state index in [4.69, 9.17) is 15.7 Å². The number of nitriles is 1. The molecule has 0 saturated carbocycles. The Labute approximate surface area is 98.4 Å². The average Bonchev–Trinajstić information content (AvgIpc) is 2.34. The van der Waals surface area contributed by atoms with Gasteiger partial charge in [-0.2, -0.15) is 5.26 Å². The largest absolute Gasteiger partial charge is 0.377 e. The number of nitrogens with zero attached hydrogens (tertiary/aromatic N) is 2. The zero-order valence-electron chi connectivity index (χ0n) is 10.2. The topological polar surface area (TPSA) is 62.3 Å². The van der Waals surface area contributed by atoms with Gasteiger partial charge in [-0.05, 0) is 32.2 Å². The van der Waals surface area contributed by atoms with Crippen LogP contribution in [0.5, 0.6) is 0 Å². The van der Waals surface area contributed by atoms with Crippen LogP contribution in [0, 0.1) is 11.3 Å². The molecule has 2 unspecified atom stereocenters. The van der Waals surface area contributed by atoms with E-state index in [2.05, 4.69) is 17.9 Å². The molecule has 16 heavy (non-hydrogen) atoms. The molecule has 1 aliphatic rings. The summed E-state index contributed by atoms with van der Waals surface area (Å²) < 4.78 is 5.76. The number of ether oxygens (including phenoxy) is 1. The standard InChI is InChI=1S/C12H23N3O/c1-2-8-16-12-4-3-6-15(10-12)7-5-11(14)9-13/h11-12H,2-8,10,14H2,1H3. The van der Waals surface area contributed by atoms with Gasteiger partial charge in [0.05, 0.1) is 18.2 Å². The van der Waals surface area contributed by atoms with Crippen LogP contribution in [0.15, 0.2) is 0 Å².